The monoisotopic (exact) mass is 252 g/mol. The van der Waals surface area contributed by atoms with Gasteiger partial charge in [-0.05, 0) is 29.7 Å². The smallest absolute Gasteiger partial charge is 0.127 e. The quantitative estimate of drug-likeness (QED) is 0.667. The number of fused-ring (bicyclic) bond motifs is 1. The molecule has 0 heterocycles. The van der Waals surface area contributed by atoms with Crippen LogP contribution in [0.1, 0.15) is 0 Å². The summed E-state index contributed by atoms with van der Waals surface area (Å²) >= 11 is 0. The van der Waals surface area contributed by atoms with Gasteiger partial charge in [-0.25, -0.2) is 4.39 Å². The van der Waals surface area contributed by atoms with Crippen molar-refractivity contribution in [2.45, 2.75) is 0 Å². The number of halogens is 1. The molecule has 0 aromatic heterocycles. The van der Waals surface area contributed by atoms with Gasteiger partial charge < -0.3 is 11.1 Å². The molecule has 0 fully saturated rings. The molecule has 0 aliphatic carbocycles. The molecule has 0 radical (unpaired) electrons. The third-order valence-corrected chi connectivity index (χ3v) is 2.99. The highest BCUT2D eigenvalue weighted by Gasteiger charge is 2.02. The average Bonchev–Trinajstić information content (AvgIpc) is 2.38. The molecule has 3 N–H and O–H groups in total. The van der Waals surface area contributed by atoms with Gasteiger partial charge in [0.25, 0.3) is 0 Å². The highest BCUT2D eigenvalue weighted by molar-refractivity contribution is 5.95. The lowest BCUT2D eigenvalue weighted by Crippen LogP contribution is -1.94. The van der Waals surface area contributed by atoms with E-state index in [0.29, 0.717) is 11.4 Å². The number of hydrogen-bond acceptors (Lipinski definition) is 2. The Labute approximate surface area is 110 Å². The molecule has 0 aliphatic rings. The molecule has 0 saturated carbocycles. The molecule has 94 valence electrons. The van der Waals surface area contributed by atoms with Gasteiger partial charge in [0, 0.05) is 22.4 Å². The number of anilines is 3. The van der Waals surface area contributed by atoms with E-state index < -0.39 is 0 Å². The summed E-state index contributed by atoms with van der Waals surface area (Å²) in [7, 11) is 0. The summed E-state index contributed by atoms with van der Waals surface area (Å²) in [5.41, 5.74) is 7.63. The van der Waals surface area contributed by atoms with Crippen molar-refractivity contribution in [1.29, 1.82) is 0 Å². The SMILES string of the molecule is Nc1cc(F)cc(Nc2cccc3ccccc23)c1. The topological polar surface area (TPSA) is 38.0 Å². The number of rotatable bonds is 2. The highest BCUT2D eigenvalue weighted by atomic mass is 19.1. The predicted octanol–water partition coefficient (Wildman–Crippen LogP) is 4.30. The highest BCUT2D eigenvalue weighted by Crippen LogP contribution is 2.27. The summed E-state index contributed by atoms with van der Waals surface area (Å²) < 4.78 is 13.3. The Balaban J connectivity index is 2.05. The fourth-order valence-electron chi connectivity index (χ4n) is 2.17. The minimum absolute atomic E-state index is 0.345. The van der Waals surface area contributed by atoms with Crippen LogP contribution in [-0.2, 0) is 0 Å². The van der Waals surface area contributed by atoms with E-state index in [0.717, 1.165) is 16.5 Å². The second kappa shape index (κ2) is 4.61. The number of nitrogens with two attached hydrogens (primary N) is 1. The van der Waals surface area contributed by atoms with Crippen LogP contribution in [0.4, 0.5) is 21.5 Å². The molecule has 2 nitrogen and oxygen atoms in total. The zero-order chi connectivity index (χ0) is 13.2. The Hall–Kier alpha value is -2.55. The fraction of sp³-hybridized carbons (Fsp3) is 0. The Kier molecular flexibility index (Phi) is 2.80. The normalized spacial score (nSPS) is 10.6. The molecule has 0 saturated heterocycles. The summed E-state index contributed by atoms with van der Waals surface area (Å²) in [5.74, 6) is -0.345. The van der Waals surface area contributed by atoms with Crippen LogP contribution < -0.4 is 11.1 Å². The van der Waals surface area contributed by atoms with E-state index >= 15 is 0 Å². The van der Waals surface area contributed by atoms with Gasteiger partial charge in [-0.2, -0.15) is 0 Å². The number of nitrogens with one attached hydrogen (secondary N) is 1. The second-order valence-electron chi connectivity index (χ2n) is 4.42. The number of benzene rings is 3. The molecular formula is C16H13FN2. The predicted molar refractivity (Wildman–Crippen MR) is 78.0 cm³/mol. The molecule has 3 heteroatoms. The molecule has 3 aromatic carbocycles. The van der Waals surface area contributed by atoms with Crippen molar-refractivity contribution in [2.75, 3.05) is 11.1 Å². The van der Waals surface area contributed by atoms with E-state index in [4.69, 9.17) is 5.73 Å². The van der Waals surface area contributed by atoms with Crippen LogP contribution in [0.2, 0.25) is 0 Å². The van der Waals surface area contributed by atoms with Gasteiger partial charge in [-0.3, -0.25) is 0 Å². The van der Waals surface area contributed by atoms with Crippen molar-refractivity contribution < 1.29 is 4.39 Å². The lowest BCUT2D eigenvalue weighted by molar-refractivity contribution is 0.629. The van der Waals surface area contributed by atoms with Crippen LogP contribution in [0.5, 0.6) is 0 Å². The van der Waals surface area contributed by atoms with Crippen molar-refractivity contribution in [1.82, 2.24) is 0 Å². The fourth-order valence-corrected chi connectivity index (χ4v) is 2.17. The summed E-state index contributed by atoms with van der Waals surface area (Å²) in [6.45, 7) is 0. The minimum atomic E-state index is -0.345. The van der Waals surface area contributed by atoms with E-state index in [9.17, 15) is 4.39 Å². The Morgan fingerprint density at radius 3 is 2.53 bits per heavy atom. The average molecular weight is 252 g/mol. The molecule has 3 aromatic rings. The Morgan fingerprint density at radius 2 is 1.68 bits per heavy atom. The van der Waals surface area contributed by atoms with Crippen molar-refractivity contribution >= 4 is 27.8 Å². The van der Waals surface area contributed by atoms with E-state index in [-0.39, 0.29) is 5.82 Å². The number of nitrogen functional groups attached to an aromatic ring is 1. The molecule has 3 rings (SSSR count). The van der Waals surface area contributed by atoms with E-state index in [1.54, 1.807) is 6.07 Å². The lowest BCUT2D eigenvalue weighted by Gasteiger charge is -2.10. The van der Waals surface area contributed by atoms with Crippen molar-refractivity contribution in [3.63, 3.8) is 0 Å². The molecule has 0 spiro atoms. The standard InChI is InChI=1S/C16H13FN2/c17-12-8-13(18)10-14(9-12)19-16-7-3-5-11-4-1-2-6-15(11)16/h1-10,19H,18H2. The van der Waals surface area contributed by atoms with Gasteiger partial charge in [0.15, 0.2) is 0 Å². The third kappa shape index (κ3) is 2.36. The molecular weight excluding hydrogens is 239 g/mol. The molecule has 0 amide bonds. The molecule has 0 aliphatic heterocycles. The minimum Gasteiger partial charge on any atom is -0.399 e. The molecule has 0 unspecified atom stereocenters. The van der Waals surface area contributed by atoms with Crippen LogP contribution in [0.3, 0.4) is 0 Å². The maximum Gasteiger partial charge on any atom is 0.127 e. The second-order valence-corrected chi connectivity index (χ2v) is 4.42. The first-order valence-electron chi connectivity index (χ1n) is 6.03. The summed E-state index contributed by atoms with van der Waals surface area (Å²) in [5, 5.41) is 5.44. The zero-order valence-electron chi connectivity index (χ0n) is 10.2. The van der Waals surface area contributed by atoms with E-state index in [1.165, 1.54) is 12.1 Å². The first-order chi connectivity index (χ1) is 9.22. The van der Waals surface area contributed by atoms with Crippen molar-refractivity contribution in [3.8, 4) is 0 Å². The first-order valence-corrected chi connectivity index (χ1v) is 6.03. The van der Waals surface area contributed by atoms with Gasteiger partial charge in [-0.15, -0.1) is 0 Å². The summed E-state index contributed by atoms with van der Waals surface area (Å²) in [6.07, 6.45) is 0. The van der Waals surface area contributed by atoms with Gasteiger partial charge >= 0.3 is 0 Å². The molecule has 19 heavy (non-hydrogen) atoms. The van der Waals surface area contributed by atoms with Crippen LogP contribution in [0, 0.1) is 5.82 Å². The third-order valence-electron chi connectivity index (χ3n) is 2.99. The Bertz CT molecular complexity index is 712. The van der Waals surface area contributed by atoms with Crippen molar-refractivity contribution in [2.24, 2.45) is 0 Å². The number of hydrogen-bond donors (Lipinski definition) is 2. The first kappa shape index (κ1) is 11.5. The zero-order valence-corrected chi connectivity index (χ0v) is 10.2. The lowest BCUT2D eigenvalue weighted by atomic mass is 10.1. The van der Waals surface area contributed by atoms with Gasteiger partial charge in [0.1, 0.15) is 5.82 Å². The van der Waals surface area contributed by atoms with Crippen LogP contribution in [-0.4, -0.2) is 0 Å². The van der Waals surface area contributed by atoms with E-state index in [1.807, 2.05) is 42.5 Å². The van der Waals surface area contributed by atoms with Crippen LogP contribution >= 0.6 is 0 Å². The molecule has 0 bridgehead atoms. The van der Waals surface area contributed by atoms with E-state index in [2.05, 4.69) is 5.32 Å². The van der Waals surface area contributed by atoms with Gasteiger partial charge in [0.05, 0.1) is 0 Å². The van der Waals surface area contributed by atoms with Crippen LogP contribution in [0.15, 0.2) is 60.7 Å². The van der Waals surface area contributed by atoms with Gasteiger partial charge in [-0.1, -0.05) is 36.4 Å². The van der Waals surface area contributed by atoms with Crippen molar-refractivity contribution in [3.05, 3.63) is 66.5 Å². The van der Waals surface area contributed by atoms with Crippen LogP contribution in [0.25, 0.3) is 10.8 Å². The maximum atomic E-state index is 13.3. The Morgan fingerprint density at radius 1 is 0.895 bits per heavy atom. The summed E-state index contributed by atoms with van der Waals surface area (Å²) in [4.78, 5) is 0. The largest absolute Gasteiger partial charge is 0.399 e. The molecule has 0 atom stereocenters. The van der Waals surface area contributed by atoms with Gasteiger partial charge in [0.2, 0.25) is 0 Å². The maximum absolute atomic E-state index is 13.3. The summed E-state index contributed by atoms with van der Waals surface area (Å²) in [6, 6.07) is 18.5.